The highest BCUT2D eigenvalue weighted by Gasteiger charge is 2.14. The van der Waals surface area contributed by atoms with Crippen LogP contribution in [-0.2, 0) is 5.72 Å². The second kappa shape index (κ2) is 2.51. The van der Waals surface area contributed by atoms with Crippen LogP contribution in [0, 0.1) is 0 Å². The van der Waals surface area contributed by atoms with Gasteiger partial charge < -0.3 is 5.11 Å². The SMILES string of the molecule is CC(C)(O)n1ccccc1=O. The third-order valence-corrected chi connectivity index (χ3v) is 1.41. The number of nitrogens with zero attached hydrogens (tertiary/aromatic N) is 1. The van der Waals surface area contributed by atoms with E-state index in [1.165, 1.54) is 10.6 Å². The highest BCUT2D eigenvalue weighted by Crippen LogP contribution is 2.05. The summed E-state index contributed by atoms with van der Waals surface area (Å²) >= 11 is 0. The zero-order valence-corrected chi connectivity index (χ0v) is 6.61. The first-order chi connectivity index (χ1) is 5.02. The molecule has 1 N–H and O–H groups in total. The van der Waals surface area contributed by atoms with E-state index in [0.717, 1.165) is 0 Å². The zero-order valence-electron chi connectivity index (χ0n) is 6.61. The van der Waals surface area contributed by atoms with Gasteiger partial charge in [-0.3, -0.25) is 9.36 Å². The van der Waals surface area contributed by atoms with Crippen molar-refractivity contribution in [2.45, 2.75) is 19.6 Å². The van der Waals surface area contributed by atoms with E-state index < -0.39 is 5.72 Å². The van der Waals surface area contributed by atoms with Crippen LogP contribution in [0.4, 0.5) is 0 Å². The van der Waals surface area contributed by atoms with Gasteiger partial charge in [-0.25, -0.2) is 0 Å². The summed E-state index contributed by atoms with van der Waals surface area (Å²) in [4.78, 5) is 11.1. The van der Waals surface area contributed by atoms with Gasteiger partial charge in [0.05, 0.1) is 0 Å². The van der Waals surface area contributed by atoms with E-state index in [1.807, 2.05) is 0 Å². The molecular formula is C8H11NO2. The number of rotatable bonds is 1. The molecule has 3 heteroatoms. The van der Waals surface area contributed by atoms with Crippen LogP contribution >= 0.6 is 0 Å². The van der Waals surface area contributed by atoms with Gasteiger partial charge in [0, 0.05) is 12.3 Å². The molecule has 1 rings (SSSR count). The van der Waals surface area contributed by atoms with Gasteiger partial charge in [0.2, 0.25) is 0 Å². The van der Waals surface area contributed by atoms with Gasteiger partial charge in [-0.1, -0.05) is 6.07 Å². The molecule has 1 heterocycles. The minimum atomic E-state index is -1.11. The second-order valence-electron chi connectivity index (χ2n) is 2.90. The lowest BCUT2D eigenvalue weighted by Gasteiger charge is -2.19. The summed E-state index contributed by atoms with van der Waals surface area (Å²) in [5.74, 6) is 0. The predicted octanol–water partition coefficient (Wildman–Crippen LogP) is 0.533. The molecule has 1 aromatic rings. The van der Waals surface area contributed by atoms with Crippen LogP contribution in [0.1, 0.15) is 13.8 Å². The molecule has 0 aromatic carbocycles. The van der Waals surface area contributed by atoms with Crippen molar-refractivity contribution in [1.29, 1.82) is 0 Å². The maximum Gasteiger partial charge on any atom is 0.252 e. The summed E-state index contributed by atoms with van der Waals surface area (Å²) in [5.41, 5.74) is -1.31. The number of aromatic nitrogens is 1. The Bertz CT molecular complexity index is 295. The maximum atomic E-state index is 11.1. The van der Waals surface area contributed by atoms with Crippen LogP contribution in [-0.4, -0.2) is 9.67 Å². The van der Waals surface area contributed by atoms with Crippen molar-refractivity contribution >= 4 is 0 Å². The number of pyridine rings is 1. The Balaban J connectivity index is 3.26. The minimum absolute atomic E-state index is 0.194. The van der Waals surface area contributed by atoms with Gasteiger partial charge in [0.15, 0.2) is 0 Å². The molecule has 0 radical (unpaired) electrons. The fraction of sp³-hybridized carbons (Fsp3) is 0.375. The van der Waals surface area contributed by atoms with Gasteiger partial charge in [0.1, 0.15) is 5.72 Å². The first-order valence-corrected chi connectivity index (χ1v) is 3.42. The van der Waals surface area contributed by atoms with E-state index in [1.54, 1.807) is 32.2 Å². The fourth-order valence-electron chi connectivity index (χ4n) is 0.879. The van der Waals surface area contributed by atoms with Crippen molar-refractivity contribution in [3.8, 4) is 0 Å². The lowest BCUT2D eigenvalue weighted by Crippen LogP contribution is -2.34. The number of hydrogen-bond donors (Lipinski definition) is 1. The third-order valence-electron chi connectivity index (χ3n) is 1.41. The maximum absolute atomic E-state index is 11.1. The molecule has 0 aliphatic rings. The summed E-state index contributed by atoms with van der Waals surface area (Å²) in [5, 5.41) is 9.43. The number of aliphatic hydroxyl groups is 1. The lowest BCUT2D eigenvalue weighted by molar-refractivity contribution is -0.00168. The Labute approximate surface area is 64.9 Å². The fourth-order valence-corrected chi connectivity index (χ4v) is 0.879. The molecule has 0 saturated carbocycles. The first kappa shape index (κ1) is 8.01. The molecule has 0 unspecified atom stereocenters. The van der Waals surface area contributed by atoms with E-state index in [0.29, 0.717) is 0 Å². The average Bonchev–Trinajstić information content (AvgIpc) is 1.86. The largest absolute Gasteiger partial charge is 0.371 e. The monoisotopic (exact) mass is 153 g/mol. The molecule has 0 amide bonds. The van der Waals surface area contributed by atoms with Gasteiger partial charge in [-0.15, -0.1) is 0 Å². The molecular weight excluding hydrogens is 142 g/mol. The summed E-state index contributed by atoms with van der Waals surface area (Å²) in [7, 11) is 0. The van der Waals surface area contributed by atoms with Crippen LogP contribution < -0.4 is 5.56 Å². The van der Waals surface area contributed by atoms with E-state index in [4.69, 9.17) is 0 Å². The highest BCUT2D eigenvalue weighted by atomic mass is 16.3. The predicted molar refractivity (Wildman–Crippen MR) is 42.2 cm³/mol. The summed E-state index contributed by atoms with van der Waals surface area (Å²) in [6, 6.07) is 4.77. The molecule has 3 nitrogen and oxygen atoms in total. The normalized spacial score (nSPS) is 11.5. The second-order valence-corrected chi connectivity index (χ2v) is 2.90. The Kier molecular flexibility index (Phi) is 1.83. The van der Waals surface area contributed by atoms with E-state index in [2.05, 4.69) is 0 Å². The standard InChI is InChI=1S/C8H11NO2/c1-8(2,11)9-6-4-3-5-7(9)10/h3-6,11H,1-2H3. The van der Waals surface area contributed by atoms with Crippen molar-refractivity contribution in [1.82, 2.24) is 4.57 Å². The van der Waals surface area contributed by atoms with Crippen LogP contribution in [0.3, 0.4) is 0 Å². The first-order valence-electron chi connectivity index (χ1n) is 3.42. The Morgan fingerprint density at radius 3 is 2.45 bits per heavy atom. The van der Waals surface area contributed by atoms with Crippen molar-refractivity contribution in [2.24, 2.45) is 0 Å². The topological polar surface area (TPSA) is 42.2 Å². The van der Waals surface area contributed by atoms with Crippen molar-refractivity contribution < 1.29 is 5.11 Å². The highest BCUT2D eigenvalue weighted by molar-refractivity contribution is 4.95. The molecule has 0 fully saturated rings. The molecule has 0 atom stereocenters. The van der Waals surface area contributed by atoms with E-state index in [9.17, 15) is 9.90 Å². The van der Waals surface area contributed by atoms with Crippen LogP contribution in [0.15, 0.2) is 29.2 Å². The van der Waals surface area contributed by atoms with Gasteiger partial charge in [0.25, 0.3) is 5.56 Å². The Morgan fingerprint density at radius 1 is 1.45 bits per heavy atom. The molecule has 60 valence electrons. The van der Waals surface area contributed by atoms with Crippen LogP contribution in [0.5, 0.6) is 0 Å². The molecule has 0 aliphatic heterocycles. The summed E-state index contributed by atoms with van der Waals surface area (Å²) < 4.78 is 1.27. The Hall–Kier alpha value is -1.09. The molecule has 1 aromatic heterocycles. The minimum Gasteiger partial charge on any atom is -0.371 e. The van der Waals surface area contributed by atoms with Gasteiger partial charge >= 0.3 is 0 Å². The molecule has 0 saturated heterocycles. The van der Waals surface area contributed by atoms with Crippen molar-refractivity contribution in [2.75, 3.05) is 0 Å². The van der Waals surface area contributed by atoms with Crippen LogP contribution in [0.2, 0.25) is 0 Å². The van der Waals surface area contributed by atoms with Crippen molar-refractivity contribution in [3.63, 3.8) is 0 Å². The molecule has 11 heavy (non-hydrogen) atoms. The van der Waals surface area contributed by atoms with Crippen LogP contribution in [0.25, 0.3) is 0 Å². The average molecular weight is 153 g/mol. The smallest absolute Gasteiger partial charge is 0.252 e. The summed E-state index contributed by atoms with van der Waals surface area (Å²) in [6.45, 7) is 3.13. The zero-order chi connectivity index (χ0) is 8.48. The van der Waals surface area contributed by atoms with Gasteiger partial charge in [-0.05, 0) is 19.9 Å². The molecule has 0 bridgehead atoms. The van der Waals surface area contributed by atoms with Crippen molar-refractivity contribution in [3.05, 3.63) is 34.7 Å². The Morgan fingerprint density at radius 2 is 2.09 bits per heavy atom. The quantitative estimate of drug-likeness (QED) is 0.639. The number of hydrogen-bond acceptors (Lipinski definition) is 2. The third kappa shape index (κ3) is 1.68. The van der Waals surface area contributed by atoms with E-state index >= 15 is 0 Å². The van der Waals surface area contributed by atoms with Gasteiger partial charge in [-0.2, -0.15) is 0 Å². The molecule has 0 spiro atoms. The lowest BCUT2D eigenvalue weighted by atomic mass is 10.3. The molecule has 0 aliphatic carbocycles. The van der Waals surface area contributed by atoms with E-state index in [-0.39, 0.29) is 5.56 Å². The summed E-state index contributed by atoms with van der Waals surface area (Å²) in [6.07, 6.45) is 1.56.